The Balaban J connectivity index is 2.55. The van der Waals surface area contributed by atoms with Gasteiger partial charge in [0.05, 0.1) is 11.0 Å². The molecule has 1 aliphatic carbocycles. The Hall–Kier alpha value is -1.42. The lowest BCUT2D eigenvalue weighted by Crippen LogP contribution is -2.11. The average molecular weight is 193 g/mol. The van der Waals surface area contributed by atoms with Crippen molar-refractivity contribution in [3.63, 3.8) is 0 Å². The van der Waals surface area contributed by atoms with E-state index in [-0.39, 0.29) is 10.6 Å². The van der Waals surface area contributed by atoms with Gasteiger partial charge in [0.1, 0.15) is 0 Å². The first-order valence-electron chi connectivity index (χ1n) is 4.64. The number of nitro groups is 1. The Morgan fingerprint density at radius 3 is 3.00 bits per heavy atom. The van der Waals surface area contributed by atoms with Gasteiger partial charge in [0.2, 0.25) is 0 Å². The number of fused-ring (bicyclic) bond motifs is 1. The largest absolute Gasteiger partial charge is 0.388 e. The molecule has 0 bridgehead atoms. The third kappa shape index (κ3) is 1.37. The van der Waals surface area contributed by atoms with E-state index in [0.717, 1.165) is 12.0 Å². The standard InChI is InChI=1S/C10H11NO3/c12-10-6-2-3-7-8(10)4-1-5-9(7)11(13)14/h1,4-5,10,12H,2-3,6H2. The van der Waals surface area contributed by atoms with Crippen molar-refractivity contribution in [2.24, 2.45) is 0 Å². The van der Waals surface area contributed by atoms with Gasteiger partial charge in [0, 0.05) is 11.6 Å². The van der Waals surface area contributed by atoms with Gasteiger partial charge in [-0.25, -0.2) is 0 Å². The van der Waals surface area contributed by atoms with Gasteiger partial charge in [-0.15, -0.1) is 0 Å². The molecule has 1 aromatic rings. The van der Waals surface area contributed by atoms with Gasteiger partial charge < -0.3 is 5.11 Å². The smallest absolute Gasteiger partial charge is 0.272 e. The molecule has 0 spiro atoms. The van der Waals surface area contributed by atoms with Crippen LogP contribution >= 0.6 is 0 Å². The van der Waals surface area contributed by atoms with Crippen LogP contribution in [0.4, 0.5) is 5.69 Å². The zero-order valence-electron chi connectivity index (χ0n) is 7.64. The molecule has 4 heteroatoms. The molecule has 1 atom stereocenters. The Bertz CT molecular complexity index is 376. The minimum absolute atomic E-state index is 0.140. The summed E-state index contributed by atoms with van der Waals surface area (Å²) >= 11 is 0. The van der Waals surface area contributed by atoms with E-state index in [2.05, 4.69) is 0 Å². The summed E-state index contributed by atoms with van der Waals surface area (Å²) in [7, 11) is 0. The van der Waals surface area contributed by atoms with Crippen LogP contribution in [-0.4, -0.2) is 10.0 Å². The van der Waals surface area contributed by atoms with E-state index in [9.17, 15) is 15.2 Å². The Kier molecular flexibility index (Phi) is 2.21. The van der Waals surface area contributed by atoms with Crippen LogP contribution in [0.25, 0.3) is 0 Å². The van der Waals surface area contributed by atoms with E-state index in [0.29, 0.717) is 18.4 Å². The third-order valence-corrected chi connectivity index (χ3v) is 2.65. The zero-order valence-corrected chi connectivity index (χ0v) is 7.64. The second-order valence-electron chi connectivity index (χ2n) is 3.51. The van der Waals surface area contributed by atoms with Crippen molar-refractivity contribution in [2.45, 2.75) is 25.4 Å². The van der Waals surface area contributed by atoms with E-state index < -0.39 is 6.10 Å². The summed E-state index contributed by atoms with van der Waals surface area (Å²) in [6.07, 6.45) is 1.69. The number of rotatable bonds is 1. The van der Waals surface area contributed by atoms with Gasteiger partial charge in [0.15, 0.2) is 0 Å². The Labute approximate surface area is 81.3 Å². The van der Waals surface area contributed by atoms with Crippen LogP contribution in [-0.2, 0) is 6.42 Å². The number of hydrogen-bond donors (Lipinski definition) is 1. The normalized spacial score (nSPS) is 20.2. The molecule has 14 heavy (non-hydrogen) atoms. The second-order valence-corrected chi connectivity index (χ2v) is 3.51. The summed E-state index contributed by atoms with van der Waals surface area (Å²) in [6, 6.07) is 4.90. The highest BCUT2D eigenvalue weighted by atomic mass is 16.6. The van der Waals surface area contributed by atoms with Crippen LogP contribution in [0.2, 0.25) is 0 Å². The fourth-order valence-corrected chi connectivity index (χ4v) is 1.98. The summed E-state index contributed by atoms with van der Waals surface area (Å²) in [4.78, 5) is 10.3. The molecule has 4 nitrogen and oxygen atoms in total. The molecule has 74 valence electrons. The lowest BCUT2D eigenvalue weighted by atomic mass is 9.88. The molecule has 0 aliphatic heterocycles. The SMILES string of the molecule is O=[N+]([O-])c1cccc2c1CCCC2O. The zero-order chi connectivity index (χ0) is 10.1. The fraction of sp³-hybridized carbons (Fsp3) is 0.400. The number of aliphatic hydroxyl groups is 1. The molecule has 1 N–H and O–H groups in total. The van der Waals surface area contributed by atoms with Crippen molar-refractivity contribution >= 4 is 5.69 Å². The number of nitro benzene ring substituents is 1. The minimum atomic E-state index is -0.529. The number of nitrogens with zero attached hydrogens (tertiary/aromatic N) is 1. The number of aliphatic hydroxyl groups excluding tert-OH is 1. The van der Waals surface area contributed by atoms with Crippen molar-refractivity contribution < 1.29 is 10.0 Å². The molecule has 1 aliphatic rings. The first kappa shape index (κ1) is 9.15. The number of hydrogen-bond acceptors (Lipinski definition) is 3. The first-order chi connectivity index (χ1) is 6.70. The van der Waals surface area contributed by atoms with Crippen molar-refractivity contribution in [1.29, 1.82) is 0 Å². The van der Waals surface area contributed by atoms with Gasteiger partial charge in [-0.05, 0) is 24.8 Å². The van der Waals surface area contributed by atoms with E-state index >= 15 is 0 Å². The van der Waals surface area contributed by atoms with Crippen LogP contribution in [0.3, 0.4) is 0 Å². The minimum Gasteiger partial charge on any atom is -0.388 e. The highest BCUT2D eigenvalue weighted by Crippen LogP contribution is 2.34. The van der Waals surface area contributed by atoms with Gasteiger partial charge in [0.25, 0.3) is 5.69 Å². The van der Waals surface area contributed by atoms with E-state index in [1.807, 2.05) is 0 Å². The first-order valence-corrected chi connectivity index (χ1v) is 4.64. The highest BCUT2D eigenvalue weighted by Gasteiger charge is 2.24. The molecule has 0 saturated heterocycles. The second kappa shape index (κ2) is 3.38. The molecule has 0 aromatic heterocycles. The summed E-state index contributed by atoms with van der Waals surface area (Å²) in [5.74, 6) is 0. The van der Waals surface area contributed by atoms with Crippen LogP contribution in [0.1, 0.15) is 30.1 Å². The van der Waals surface area contributed by atoms with Crippen molar-refractivity contribution in [1.82, 2.24) is 0 Å². The monoisotopic (exact) mass is 193 g/mol. The summed E-state index contributed by atoms with van der Waals surface area (Å²) in [6.45, 7) is 0. The third-order valence-electron chi connectivity index (χ3n) is 2.65. The lowest BCUT2D eigenvalue weighted by molar-refractivity contribution is -0.385. The predicted octanol–water partition coefficient (Wildman–Crippen LogP) is 1.96. The maximum absolute atomic E-state index is 10.7. The molecule has 0 radical (unpaired) electrons. The molecular formula is C10H11NO3. The van der Waals surface area contributed by atoms with Crippen molar-refractivity contribution in [2.75, 3.05) is 0 Å². The molecule has 0 fully saturated rings. The molecule has 1 aromatic carbocycles. The summed E-state index contributed by atoms with van der Waals surface area (Å²) < 4.78 is 0. The molecule has 0 heterocycles. The van der Waals surface area contributed by atoms with Crippen LogP contribution < -0.4 is 0 Å². The van der Waals surface area contributed by atoms with Gasteiger partial charge in [-0.1, -0.05) is 12.1 Å². The average Bonchev–Trinajstić information content (AvgIpc) is 2.17. The maximum atomic E-state index is 10.7. The lowest BCUT2D eigenvalue weighted by Gasteiger charge is -2.20. The Morgan fingerprint density at radius 2 is 2.29 bits per heavy atom. The maximum Gasteiger partial charge on any atom is 0.272 e. The quantitative estimate of drug-likeness (QED) is 0.547. The molecule has 1 unspecified atom stereocenters. The van der Waals surface area contributed by atoms with Gasteiger partial charge >= 0.3 is 0 Å². The topological polar surface area (TPSA) is 63.4 Å². The highest BCUT2D eigenvalue weighted by molar-refractivity contribution is 5.47. The van der Waals surface area contributed by atoms with Crippen molar-refractivity contribution in [3.05, 3.63) is 39.4 Å². The van der Waals surface area contributed by atoms with Crippen LogP contribution in [0.15, 0.2) is 18.2 Å². The molecular weight excluding hydrogens is 182 g/mol. The Morgan fingerprint density at radius 1 is 1.50 bits per heavy atom. The van der Waals surface area contributed by atoms with Crippen LogP contribution in [0, 0.1) is 10.1 Å². The van der Waals surface area contributed by atoms with E-state index in [4.69, 9.17) is 0 Å². The van der Waals surface area contributed by atoms with E-state index in [1.54, 1.807) is 12.1 Å². The van der Waals surface area contributed by atoms with Gasteiger partial charge in [-0.3, -0.25) is 10.1 Å². The van der Waals surface area contributed by atoms with Crippen LogP contribution in [0.5, 0.6) is 0 Å². The predicted molar refractivity (Wildman–Crippen MR) is 51.0 cm³/mol. The molecule has 0 saturated carbocycles. The summed E-state index contributed by atoms with van der Waals surface area (Å²) in [5.41, 5.74) is 1.57. The fourth-order valence-electron chi connectivity index (χ4n) is 1.98. The number of benzene rings is 1. The van der Waals surface area contributed by atoms with E-state index in [1.165, 1.54) is 6.07 Å². The molecule has 2 rings (SSSR count). The van der Waals surface area contributed by atoms with Gasteiger partial charge in [-0.2, -0.15) is 0 Å². The van der Waals surface area contributed by atoms with Crippen molar-refractivity contribution in [3.8, 4) is 0 Å². The molecule has 0 amide bonds. The summed E-state index contributed by atoms with van der Waals surface area (Å²) in [5, 5.41) is 20.3.